The van der Waals surface area contributed by atoms with Gasteiger partial charge in [0.05, 0.1) is 5.56 Å². The number of carbonyl (C=O) groups excluding carboxylic acids is 1. The largest absolute Gasteiger partial charge is 0.350 e. The molecule has 0 aromatic heterocycles. The summed E-state index contributed by atoms with van der Waals surface area (Å²) in [6, 6.07) is 7.85. The second-order valence-electron chi connectivity index (χ2n) is 3.38. The molecule has 5 heteroatoms. The van der Waals surface area contributed by atoms with Crippen LogP contribution in [0.15, 0.2) is 24.3 Å². The number of carbonyl (C=O) groups is 1. The fraction of sp³-hybridized carbons (Fsp3) is 0.364. The van der Waals surface area contributed by atoms with Gasteiger partial charge in [-0.25, -0.2) is 0 Å². The van der Waals surface area contributed by atoms with Gasteiger partial charge in [0.15, 0.2) is 0 Å². The SMILES string of the molecule is CNC(C)CNC(=O)c1ccccc1I.Cl. The van der Waals surface area contributed by atoms with Gasteiger partial charge >= 0.3 is 0 Å². The molecule has 1 amide bonds. The van der Waals surface area contributed by atoms with Crippen molar-refractivity contribution in [3.63, 3.8) is 0 Å². The predicted molar refractivity (Wildman–Crippen MR) is 77.3 cm³/mol. The van der Waals surface area contributed by atoms with Gasteiger partial charge in [-0.1, -0.05) is 12.1 Å². The van der Waals surface area contributed by atoms with Crippen molar-refractivity contribution in [2.24, 2.45) is 0 Å². The molecule has 0 radical (unpaired) electrons. The fourth-order valence-electron chi connectivity index (χ4n) is 1.09. The van der Waals surface area contributed by atoms with Crippen LogP contribution < -0.4 is 10.6 Å². The van der Waals surface area contributed by atoms with Gasteiger partial charge in [-0.3, -0.25) is 4.79 Å². The molecule has 0 fully saturated rings. The van der Waals surface area contributed by atoms with Gasteiger partial charge in [0, 0.05) is 16.2 Å². The van der Waals surface area contributed by atoms with Crippen LogP contribution in [0.3, 0.4) is 0 Å². The Morgan fingerprint density at radius 2 is 2.06 bits per heavy atom. The molecule has 0 spiro atoms. The van der Waals surface area contributed by atoms with Crippen molar-refractivity contribution in [3.8, 4) is 0 Å². The number of nitrogens with one attached hydrogen (secondary N) is 2. The van der Waals surface area contributed by atoms with Crippen molar-refractivity contribution in [1.29, 1.82) is 0 Å². The van der Waals surface area contributed by atoms with Gasteiger partial charge in [-0.15, -0.1) is 12.4 Å². The zero-order valence-corrected chi connectivity index (χ0v) is 12.3. The molecule has 1 atom stereocenters. The van der Waals surface area contributed by atoms with Crippen LogP contribution >= 0.6 is 35.0 Å². The summed E-state index contributed by atoms with van der Waals surface area (Å²) in [7, 11) is 1.88. The van der Waals surface area contributed by atoms with E-state index in [0.717, 1.165) is 9.13 Å². The first kappa shape index (κ1) is 15.7. The van der Waals surface area contributed by atoms with Crippen molar-refractivity contribution in [3.05, 3.63) is 33.4 Å². The zero-order chi connectivity index (χ0) is 11.3. The van der Waals surface area contributed by atoms with Gasteiger partial charge in [-0.2, -0.15) is 0 Å². The summed E-state index contributed by atoms with van der Waals surface area (Å²) in [5.74, 6) is -0.0119. The summed E-state index contributed by atoms with van der Waals surface area (Å²) in [5, 5.41) is 5.95. The van der Waals surface area contributed by atoms with E-state index in [1.165, 1.54) is 0 Å². The molecule has 0 bridgehead atoms. The molecule has 1 rings (SSSR count). The Morgan fingerprint density at radius 1 is 1.44 bits per heavy atom. The van der Waals surface area contributed by atoms with Gasteiger partial charge < -0.3 is 10.6 Å². The highest BCUT2D eigenvalue weighted by atomic mass is 127. The third kappa shape index (κ3) is 4.67. The normalized spacial score (nSPS) is 11.4. The first-order valence-corrected chi connectivity index (χ1v) is 5.93. The quantitative estimate of drug-likeness (QED) is 0.813. The Labute approximate surface area is 116 Å². The smallest absolute Gasteiger partial charge is 0.252 e. The highest BCUT2D eigenvalue weighted by Gasteiger charge is 2.09. The van der Waals surface area contributed by atoms with E-state index in [9.17, 15) is 4.79 Å². The molecule has 0 heterocycles. The molecule has 0 aliphatic heterocycles. The Balaban J connectivity index is 0.00000225. The number of rotatable bonds is 4. The van der Waals surface area contributed by atoms with Crippen LogP contribution in [-0.4, -0.2) is 25.5 Å². The minimum absolute atomic E-state index is 0. The summed E-state index contributed by atoms with van der Waals surface area (Å²) in [6.07, 6.45) is 0. The lowest BCUT2D eigenvalue weighted by Crippen LogP contribution is -2.37. The summed E-state index contributed by atoms with van der Waals surface area (Å²) in [6.45, 7) is 2.66. The van der Waals surface area contributed by atoms with Crippen LogP contribution in [0.2, 0.25) is 0 Å². The number of hydrogen-bond donors (Lipinski definition) is 2. The van der Waals surface area contributed by atoms with E-state index in [2.05, 4.69) is 33.2 Å². The summed E-state index contributed by atoms with van der Waals surface area (Å²) < 4.78 is 0.977. The molecule has 16 heavy (non-hydrogen) atoms. The topological polar surface area (TPSA) is 41.1 Å². The van der Waals surface area contributed by atoms with Crippen LogP contribution in [0.1, 0.15) is 17.3 Å². The average molecular weight is 355 g/mol. The van der Waals surface area contributed by atoms with Crippen molar-refractivity contribution < 1.29 is 4.79 Å². The summed E-state index contributed by atoms with van der Waals surface area (Å²) >= 11 is 2.17. The third-order valence-corrected chi connectivity index (χ3v) is 3.12. The predicted octanol–water partition coefficient (Wildman–Crippen LogP) is 2.05. The average Bonchev–Trinajstić information content (AvgIpc) is 2.26. The van der Waals surface area contributed by atoms with Crippen LogP contribution in [0, 0.1) is 3.57 Å². The van der Waals surface area contributed by atoms with Crippen LogP contribution in [0.25, 0.3) is 0 Å². The van der Waals surface area contributed by atoms with Gasteiger partial charge in [-0.05, 0) is 48.7 Å². The van der Waals surface area contributed by atoms with E-state index < -0.39 is 0 Å². The van der Waals surface area contributed by atoms with Crippen LogP contribution in [0.5, 0.6) is 0 Å². The van der Waals surface area contributed by atoms with Crippen LogP contribution in [0.4, 0.5) is 0 Å². The molecule has 2 N–H and O–H groups in total. The lowest BCUT2D eigenvalue weighted by Gasteiger charge is -2.11. The lowest BCUT2D eigenvalue weighted by molar-refractivity contribution is 0.0949. The maximum atomic E-state index is 11.7. The number of halogens is 2. The van der Waals surface area contributed by atoms with E-state index in [-0.39, 0.29) is 24.4 Å². The number of hydrogen-bond acceptors (Lipinski definition) is 2. The van der Waals surface area contributed by atoms with Gasteiger partial charge in [0.2, 0.25) is 0 Å². The lowest BCUT2D eigenvalue weighted by atomic mass is 10.2. The molecule has 1 aromatic carbocycles. The van der Waals surface area contributed by atoms with Gasteiger partial charge in [0.25, 0.3) is 5.91 Å². The van der Waals surface area contributed by atoms with Crippen molar-refractivity contribution in [2.45, 2.75) is 13.0 Å². The van der Waals surface area contributed by atoms with E-state index in [1.54, 1.807) is 0 Å². The Morgan fingerprint density at radius 3 is 2.62 bits per heavy atom. The maximum absolute atomic E-state index is 11.7. The molecular weight excluding hydrogens is 338 g/mol. The minimum atomic E-state index is -0.0119. The first-order valence-electron chi connectivity index (χ1n) is 4.85. The Bertz CT molecular complexity index is 347. The number of likely N-dealkylation sites (N-methyl/N-ethyl adjacent to an activating group) is 1. The number of benzene rings is 1. The molecule has 0 aliphatic carbocycles. The van der Waals surface area contributed by atoms with Crippen molar-refractivity contribution in [2.75, 3.05) is 13.6 Å². The van der Waals surface area contributed by atoms with Crippen LogP contribution in [-0.2, 0) is 0 Å². The van der Waals surface area contributed by atoms with E-state index in [4.69, 9.17) is 0 Å². The summed E-state index contributed by atoms with van der Waals surface area (Å²) in [4.78, 5) is 11.7. The molecule has 0 saturated carbocycles. The zero-order valence-electron chi connectivity index (χ0n) is 9.29. The molecule has 1 aromatic rings. The molecule has 3 nitrogen and oxygen atoms in total. The summed E-state index contributed by atoms with van der Waals surface area (Å²) in [5.41, 5.74) is 0.737. The molecule has 90 valence electrons. The standard InChI is InChI=1S/C11H15IN2O.ClH/c1-8(13-2)7-14-11(15)9-5-3-4-6-10(9)12;/h3-6,8,13H,7H2,1-2H3,(H,14,15);1H. The van der Waals surface area contributed by atoms with Crippen molar-refractivity contribution in [1.82, 2.24) is 10.6 Å². The number of amides is 1. The maximum Gasteiger partial charge on any atom is 0.252 e. The molecule has 0 aliphatic rings. The van der Waals surface area contributed by atoms with Crippen molar-refractivity contribution >= 4 is 40.9 Å². The van der Waals surface area contributed by atoms with E-state index in [1.807, 2.05) is 38.2 Å². The molecule has 0 saturated heterocycles. The van der Waals surface area contributed by atoms with Gasteiger partial charge in [0.1, 0.15) is 0 Å². The molecular formula is C11H16ClIN2O. The highest BCUT2D eigenvalue weighted by Crippen LogP contribution is 2.10. The first-order chi connectivity index (χ1) is 7.15. The third-order valence-electron chi connectivity index (χ3n) is 2.18. The Kier molecular flexibility index (Phi) is 7.70. The second kappa shape index (κ2) is 7.86. The van der Waals surface area contributed by atoms with E-state index in [0.29, 0.717) is 6.54 Å². The molecule has 1 unspecified atom stereocenters. The Hall–Kier alpha value is -0.330. The second-order valence-corrected chi connectivity index (χ2v) is 4.54. The minimum Gasteiger partial charge on any atom is -0.350 e. The van der Waals surface area contributed by atoms with E-state index >= 15 is 0 Å². The highest BCUT2D eigenvalue weighted by molar-refractivity contribution is 14.1. The fourth-order valence-corrected chi connectivity index (χ4v) is 1.72. The monoisotopic (exact) mass is 354 g/mol.